The normalized spacial score (nSPS) is 10.7. The fraction of sp³-hybridized carbons (Fsp3) is 0.348. The average molecular weight is 799 g/mol. The Morgan fingerprint density at radius 3 is 1.78 bits per heavy atom. The number of halogens is 2. The number of benzene rings is 4. The molecule has 0 nitrogen and oxygen atoms in total. The summed E-state index contributed by atoms with van der Waals surface area (Å²) >= 11 is -0.826. The molecule has 0 bridgehead atoms. The molecule has 0 saturated carbocycles. The molecule has 0 saturated heterocycles. The van der Waals surface area contributed by atoms with Crippen molar-refractivity contribution < 1.29 is 20.8 Å². The molecule has 2 radical (unpaired) electrons. The Labute approximate surface area is 325 Å². The Kier molecular flexibility index (Phi) is 19.1. The van der Waals surface area contributed by atoms with Gasteiger partial charge in [-0.1, -0.05) is 152 Å². The number of rotatable bonds is 10. The van der Waals surface area contributed by atoms with Gasteiger partial charge < -0.3 is 0 Å². The first kappa shape index (κ1) is 42.2. The molecule has 0 aliphatic heterocycles. The van der Waals surface area contributed by atoms with E-state index in [0.717, 1.165) is 9.52 Å². The van der Waals surface area contributed by atoms with Gasteiger partial charge in [-0.3, -0.25) is 0 Å². The molecule has 0 N–H and O–H groups in total. The molecule has 262 valence electrons. The Bertz CT molecular complexity index is 1790. The second kappa shape index (κ2) is 22.7. The molecule has 6 aromatic carbocycles. The van der Waals surface area contributed by atoms with Gasteiger partial charge in [0.2, 0.25) is 0 Å². The zero-order valence-corrected chi connectivity index (χ0v) is 36.4. The molecule has 0 spiro atoms. The van der Waals surface area contributed by atoms with Crippen LogP contribution in [0, 0.1) is 0 Å². The average Bonchev–Trinajstić information content (AvgIpc) is 3.77. The summed E-state index contributed by atoms with van der Waals surface area (Å²) in [5.74, 6) is 0. The first-order chi connectivity index (χ1) is 24.2. The fourth-order valence-electron chi connectivity index (χ4n) is 6.24. The number of hydrogen-bond donors (Lipinski definition) is 0. The van der Waals surface area contributed by atoms with Crippen LogP contribution in [0.4, 0.5) is 0 Å². The number of aryl methyl sites for hydroxylation is 2. The summed E-state index contributed by atoms with van der Waals surface area (Å²) in [6.45, 7) is 15.6. The molecule has 50 heavy (non-hydrogen) atoms. The van der Waals surface area contributed by atoms with Crippen molar-refractivity contribution in [2.75, 3.05) is 0 Å². The molecule has 0 amide bonds. The predicted octanol–water partition coefficient (Wildman–Crippen LogP) is 15.4. The van der Waals surface area contributed by atoms with Gasteiger partial charge in [0.05, 0.1) is 0 Å². The van der Waals surface area contributed by atoms with Crippen LogP contribution in [0.2, 0.25) is 13.1 Å². The van der Waals surface area contributed by atoms with Crippen molar-refractivity contribution in [2.24, 2.45) is 0 Å². The number of fused-ring (bicyclic) bond motifs is 2. The van der Waals surface area contributed by atoms with Gasteiger partial charge in [-0.15, -0.1) is 63.5 Å². The van der Waals surface area contributed by atoms with E-state index >= 15 is 0 Å². The molecule has 0 aromatic heterocycles. The van der Waals surface area contributed by atoms with E-state index < -0.39 is 20.8 Å². The van der Waals surface area contributed by atoms with Crippen LogP contribution in [0.5, 0.6) is 0 Å². The molecular weight excluding hydrogens is 743 g/mol. The molecule has 4 heteroatoms. The third-order valence-electron chi connectivity index (χ3n) is 8.95. The van der Waals surface area contributed by atoms with Gasteiger partial charge in [0.1, 0.15) is 0 Å². The fourth-order valence-corrected chi connectivity index (χ4v) is 6.24. The van der Waals surface area contributed by atoms with E-state index in [1.54, 1.807) is 0 Å². The molecule has 6 rings (SSSR count). The van der Waals surface area contributed by atoms with Crippen LogP contribution >= 0.6 is 17.0 Å². The van der Waals surface area contributed by atoms with Crippen LogP contribution < -0.4 is 0 Å². The summed E-state index contributed by atoms with van der Waals surface area (Å²) in [5, 5.41) is 5.45. The Morgan fingerprint density at radius 1 is 0.640 bits per heavy atom. The van der Waals surface area contributed by atoms with Crippen molar-refractivity contribution in [3.63, 3.8) is 0 Å². The van der Waals surface area contributed by atoms with Gasteiger partial charge in [-0.25, -0.2) is 0 Å². The summed E-state index contributed by atoms with van der Waals surface area (Å²) in [5.41, 5.74) is 9.88. The van der Waals surface area contributed by atoms with Crippen molar-refractivity contribution in [2.45, 2.75) is 104 Å². The van der Waals surface area contributed by atoms with E-state index in [1.807, 2.05) is 0 Å². The molecular formula is C46H56Cl2SiZr. The predicted molar refractivity (Wildman–Crippen MR) is 224 cm³/mol. The first-order valence-electron chi connectivity index (χ1n) is 18.3. The summed E-state index contributed by atoms with van der Waals surface area (Å²) in [7, 11) is 11.0. The molecule has 0 heterocycles. The molecule has 0 aliphatic rings. The summed E-state index contributed by atoms with van der Waals surface area (Å²) in [4.78, 5) is 0. The van der Waals surface area contributed by atoms with Gasteiger partial charge in [0.15, 0.2) is 0 Å². The third kappa shape index (κ3) is 13.1. The Hall–Kier alpha value is -2.22. The monoisotopic (exact) mass is 796 g/mol. The minimum atomic E-state index is -0.826. The third-order valence-corrected chi connectivity index (χ3v) is 8.95. The van der Waals surface area contributed by atoms with Gasteiger partial charge in [0, 0.05) is 9.52 Å². The molecule has 0 fully saturated rings. The Morgan fingerprint density at radius 2 is 1.20 bits per heavy atom. The van der Waals surface area contributed by atoms with Crippen LogP contribution in [-0.2, 0) is 39.1 Å². The molecule has 0 atom stereocenters. The van der Waals surface area contributed by atoms with Crippen molar-refractivity contribution in [1.82, 2.24) is 0 Å². The second-order valence-electron chi connectivity index (χ2n) is 14.0. The van der Waals surface area contributed by atoms with E-state index in [1.165, 1.54) is 112 Å². The molecule has 0 unspecified atom stereocenters. The van der Waals surface area contributed by atoms with Crippen molar-refractivity contribution in [1.29, 1.82) is 0 Å². The van der Waals surface area contributed by atoms with Crippen molar-refractivity contribution >= 4 is 48.1 Å². The van der Waals surface area contributed by atoms with E-state index in [9.17, 15) is 0 Å². The van der Waals surface area contributed by atoms with E-state index in [-0.39, 0.29) is 5.41 Å². The van der Waals surface area contributed by atoms with Crippen molar-refractivity contribution in [3.05, 3.63) is 132 Å². The van der Waals surface area contributed by atoms with Crippen LogP contribution in [0.15, 0.2) is 115 Å². The number of unbranched alkanes of at least 4 members (excludes halogenated alkanes) is 4. The standard InChI is InChI=1S/C25H31.C19H19.C2H6Si.2ClH.Zr/c1-3-5-7-8-11-21-18-23-12-9-13-24(25(23)19-21)22-16-14-20(15-17-22)10-6-4-2;1-19(2,3)16-12-10-15(11-13-16)18-9-5-7-14-6-4-8-17(14)18;1-3-2;;;/h9,12-19H,3-8,10-11H2,1-2H3;4-13H,1-3H3;1-2H3;2*1H;/q2*-1;;;;+4/p-2. The zero-order chi connectivity index (χ0) is 36.4. The SMILES string of the molecule is CC(C)(C)c1ccc(-c2cccc3[cH-]ccc23)cc1.CCCCCCc1cc2c(-c3ccc(CCCC)cc3)cccc2[cH-]1.C[Si]C.[Cl][Zr+2][Cl]. The summed E-state index contributed by atoms with van der Waals surface area (Å²) in [6, 6.07) is 42.7. The van der Waals surface area contributed by atoms with Crippen LogP contribution in [0.3, 0.4) is 0 Å². The maximum absolute atomic E-state index is 4.93. The topological polar surface area (TPSA) is 0 Å². The van der Waals surface area contributed by atoms with Gasteiger partial charge in [-0.2, -0.15) is 18.2 Å². The summed E-state index contributed by atoms with van der Waals surface area (Å²) < 4.78 is 0. The Balaban J connectivity index is 0.000000240. The van der Waals surface area contributed by atoms with E-state index in [2.05, 4.69) is 163 Å². The second-order valence-corrected chi connectivity index (χ2v) is 18.7. The van der Waals surface area contributed by atoms with Crippen LogP contribution in [0.25, 0.3) is 43.8 Å². The van der Waals surface area contributed by atoms with Gasteiger partial charge >= 0.3 is 37.9 Å². The quantitative estimate of drug-likeness (QED) is 0.0736. The first-order valence-corrected chi connectivity index (χ1v) is 26.6. The van der Waals surface area contributed by atoms with Crippen molar-refractivity contribution in [3.8, 4) is 22.3 Å². The summed E-state index contributed by atoms with van der Waals surface area (Å²) in [6.07, 6.45) is 10.3. The molecule has 6 aromatic rings. The minimum absolute atomic E-state index is 0.213. The molecule has 0 aliphatic carbocycles. The van der Waals surface area contributed by atoms with E-state index in [4.69, 9.17) is 17.0 Å². The van der Waals surface area contributed by atoms with Gasteiger partial charge in [-0.05, 0) is 46.9 Å². The number of hydrogen-bond acceptors (Lipinski definition) is 0. The van der Waals surface area contributed by atoms with Crippen LogP contribution in [-0.4, -0.2) is 9.52 Å². The van der Waals surface area contributed by atoms with E-state index in [0.29, 0.717) is 0 Å². The zero-order valence-electron chi connectivity index (χ0n) is 31.4. The van der Waals surface area contributed by atoms with Crippen LogP contribution in [0.1, 0.15) is 89.8 Å². The van der Waals surface area contributed by atoms with Gasteiger partial charge in [0.25, 0.3) is 0 Å². The maximum atomic E-state index is 4.93.